The molecule has 0 saturated carbocycles. The van der Waals surface area contributed by atoms with Crippen molar-refractivity contribution in [3.63, 3.8) is 0 Å². The Kier molecular flexibility index (Phi) is 3.75. The molecule has 2 saturated heterocycles. The molecule has 3 heterocycles. The first-order valence-electron chi connectivity index (χ1n) is 8.26. The molecule has 1 aromatic heterocycles. The van der Waals surface area contributed by atoms with Gasteiger partial charge in [-0.25, -0.2) is 9.18 Å². The Balaban J connectivity index is 1.47. The molecule has 0 radical (unpaired) electrons. The van der Waals surface area contributed by atoms with Crippen LogP contribution in [-0.2, 0) is 4.79 Å². The van der Waals surface area contributed by atoms with Crippen LogP contribution < -0.4 is 10.6 Å². The molecule has 4 amide bonds. The molecule has 2 fully saturated rings. The van der Waals surface area contributed by atoms with E-state index in [0.717, 1.165) is 0 Å². The zero-order chi connectivity index (χ0) is 18.3. The van der Waals surface area contributed by atoms with Crippen LogP contribution in [0, 0.1) is 5.82 Å². The fourth-order valence-electron chi connectivity index (χ4n) is 3.39. The molecule has 0 atom stereocenters. The summed E-state index contributed by atoms with van der Waals surface area (Å²) in [5, 5.41) is 4.88. The van der Waals surface area contributed by atoms with Crippen LogP contribution in [0.1, 0.15) is 23.4 Å². The lowest BCUT2D eigenvalue weighted by Crippen LogP contribution is -2.55. The normalized spacial score (nSPS) is 18.7. The van der Waals surface area contributed by atoms with Gasteiger partial charge in [-0.15, -0.1) is 0 Å². The summed E-state index contributed by atoms with van der Waals surface area (Å²) in [6.07, 6.45) is 0.661. The van der Waals surface area contributed by atoms with Crippen molar-refractivity contribution < 1.29 is 23.2 Å². The maximum atomic E-state index is 13.9. The molecule has 1 spiro atoms. The number of halogens is 1. The molecule has 2 aliphatic heterocycles. The number of hydrogen-bond donors (Lipinski definition) is 2. The Morgan fingerprint density at radius 3 is 2.50 bits per heavy atom. The van der Waals surface area contributed by atoms with Crippen molar-refractivity contribution in [1.29, 1.82) is 0 Å². The summed E-state index contributed by atoms with van der Waals surface area (Å²) in [5.74, 6) is -0.716. The quantitative estimate of drug-likeness (QED) is 0.803. The van der Waals surface area contributed by atoms with Crippen LogP contribution >= 0.6 is 0 Å². The monoisotopic (exact) mass is 357 g/mol. The second kappa shape index (κ2) is 5.98. The van der Waals surface area contributed by atoms with Crippen molar-refractivity contribution in [2.45, 2.75) is 18.4 Å². The van der Waals surface area contributed by atoms with Gasteiger partial charge in [0.05, 0.1) is 5.56 Å². The van der Waals surface area contributed by atoms with Crippen molar-refractivity contribution in [3.05, 3.63) is 48.0 Å². The number of nitrogens with zero attached hydrogens (tertiary/aromatic N) is 1. The van der Waals surface area contributed by atoms with Crippen LogP contribution in [0.25, 0.3) is 11.3 Å². The van der Waals surface area contributed by atoms with Gasteiger partial charge in [0.2, 0.25) is 0 Å². The third kappa shape index (κ3) is 2.63. The average Bonchev–Trinajstić information content (AvgIpc) is 3.21. The number of amides is 4. The number of piperidine rings is 1. The number of carbonyl (C=O) groups is 3. The summed E-state index contributed by atoms with van der Waals surface area (Å²) in [6, 6.07) is 8.73. The van der Waals surface area contributed by atoms with E-state index in [2.05, 4.69) is 10.6 Å². The predicted octanol–water partition coefficient (Wildman–Crippen LogP) is 1.90. The molecule has 0 aliphatic carbocycles. The summed E-state index contributed by atoms with van der Waals surface area (Å²) < 4.78 is 19.4. The summed E-state index contributed by atoms with van der Waals surface area (Å²) >= 11 is 0. The van der Waals surface area contributed by atoms with Gasteiger partial charge in [0, 0.05) is 13.1 Å². The maximum Gasteiger partial charge on any atom is 0.322 e. The molecule has 2 N–H and O–H groups in total. The molecule has 2 aromatic rings. The van der Waals surface area contributed by atoms with Gasteiger partial charge >= 0.3 is 6.03 Å². The number of hydrogen-bond acceptors (Lipinski definition) is 4. The standard InChI is InChI=1S/C18H16FN3O4/c19-12-4-2-1-3-11(12)13-5-6-14(26-13)15(23)22-9-7-18(8-10-22)16(24)20-17(25)21-18/h1-6H,7-10H2,(H2,20,21,24,25). The van der Waals surface area contributed by atoms with E-state index in [9.17, 15) is 18.8 Å². The van der Waals surface area contributed by atoms with Crippen molar-refractivity contribution in [3.8, 4) is 11.3 Å². The summed E-state index contributed by atoms with van der Waals surface area (Å²) in [7, 11) is 0. The highest BCUT2D eigenvalue weighted by molar-refractivity contribution is 6.07. The van der Waals surface area contributed by atoms with Gasteiger partial charge in [-0.1, -0.05) is 12.1 Å². The maximum absolute atomic E-state index is 13.9. The number of likely N-dealkylation sites (tertiary alicyclic amines) is 1. The molecular weight excluding hydrogens is 341 g/mol. The van der Waals surface area contributed by atoms with E-state index < -0.39 is 17.4 Å². The second-order valence-electron chi connectivity index (χ2n) is 6.43. The first-order chi connectivity index (χ1) is 12.5. The van der Waals surface area contributed by atoms with Crippen LogP contribution in [0.3, 0.4) is 0 Å². The highest BCUT2D eigenvalue weighted by Crippen LogP contribution is 2.28. The molecule has 134 valence electrons. The smallest absolute Gasteiger partial charge is 0.322 e. The summed E-state index contributed by atoms with van der Waals surface area (Å²) in [6.45, 7) is 0.616. The Bertz CT molecular complexity index is 899. The van der Waals surface area contributed by atoms with Crippen molar-refractivity contribution in [2.75, 3.05) is 13.1 Å². The second-order valence-corrected chi connectivity index (χ2v) is 6.43. The largest absolute Gasteiger partial charge is 0.451 e. The molecule has 0 unspecified atom stereocenters. The number of furan rings is 1. The highest BCUT2D eigenvalue weighted by atomic mass is 19.1. The first-order valence-corrected chi connectivity index (χ1v) is 8.26. The van der Waals surface area contributed by atoms with Crippen LogP contribution in [0.2, 0.25) is 0 Å². The fraction of sp³-hybridized carbons (Fsp3) is 0.278. The van der Waals surface area contributed by atoms with Gasteiger partial charge in [-0.2, -0.15) is 0 Å². The van der Waals surface area contributed by atoms with Crippen LogP contribution in [0.15, 0.2) is 40.8 Å². The lowest BCUT2D eigenvalue weighted by Gasteiger charge is -2.36. The minimum absolute atomic E-state index is 0.110. The Morgan fingerprint density at radius 2 is 1.85 bits per heavy atom. The predicted molar refractivity (Wildman–Crippen MR) is 88.6 cm³/mol. The number of benzene rings is 1. The molecule has 26 heavy (non-hydrogen) atoms. The van der Waals surface area contributed by atoms with E-state index in [0.29, 0.717) is 25.9 Å². The summed E-state index contributed by atoms with van der Waals surface area (Å²) in [5.41, 5.74) is -0.649. The van der Waals surface area contributed by atoms with Gasteiger partial charge in [0.25, 0.3) is 11.8 Å². The Hall–Kier alpha value is -3.16. The van der Waals surface area contributed by atoms with E-state index in [4.69, 9.17) is 4.42 Å². The zero-order valence-corrected chi connectivity index (χ0v) is 13.8. The fourth-order valence-corrected chi connectivity index (χ4v) is 3.39. The molecule has 2 aliphatic rings. The van der Waals surface area contributed by atoms with Crippen LogP contribution in [-0.4, -0.2) is 41.4 Å². The van der Waals surface area contributed by atoms with E-state index in [-0.39, 0.29) is 28.9 Å². The minimum atomic E-state index is -0.935. The number of nitrogens with one attached hydrogen (secondary N) is 2. The van der Waals surface area contributed by atoms with Crippen LogP contribution in [0.5, 0.6) is 0 Å². The van der Waals surface area contributed by atoms with Gasteiger partial charge in [0.1, 0.15) is 17.1 Å². The number of urea groups is 1. The molecule has 7 nitrogen and oxygen atoms in total. The number of rotatable bonds is 2. The van der Waals surface area contributed by atoms with E-state index in [1.807, 2.05) is 0 Å². The number of carbonyl (C=O) groups excluding carboxylic acids is 3. The minimum Gasteiger partial charge on any atom is -0.451 e. The third-order valence-electron chi connectivity index (χ3n) is 4.87. The van der Waals surface area contributed by atoms with Crippen molar-refractivity contribution in [1.82, 2.24) is 15.5 Å². The van der Waals surface area contributed by atoms with Crippen molar-refractivity contribution in [2.24, 2.45) is 0 Å². The van der Waals surface area contributed by atoms with Gasteiger partial charge in [-0.3, -0.25) is 14.9 Å². The highest BCUT2D eigenvalue weighted by Gasteiger charge is 2.48. The average molecular weight is 357 g/mol. The van der Waals surface area contributed by atoms with Gasteiger partial charge in [-0.05, 0) is 37.1 Å². The van der Waals surface area contributed by atoms with Gasteiger partial charge in [0.15, 0.2) is 5.76 Å². The molecule has 1 aromatic carbocycles. The number of imide groups is 1. The molecule has 8 heteroatoms. The summed E-state index contributed by atoms with van der Waals surface area (Å²) in [4.78, 5) is 37.5. The molecule has 4 rings (SSSR count). The van der Waals surface area contributed by atoms with Crippen molar-refractivity contribution >= 4 is 17.8 Å². The Morgan fingerprint density at radius 1 is 1.12 bits per heavy atom. The molecule has 0 bridgehead atoms. The topological polar surface area (TPSA) is 91.7 Å². The lowest BCUT2D eigenvalue weighted by atomic mass is 9.87. The SMILES string of the molecule is O=C1NC(=O)C2(CCN(C(=O)c3ccc(-c4ccccc4F)o3)CC2)N1. The van der Waals surface area contributed by atoms with Gasteiger partial charge < -0.3 is 14.6 Å². The Labute approximate surface area is 148 Å². The van der Waals surface area contributed by atoms with E-state index >= 15 is 0 Å². The molecular formula is C18H16FN3O4. The third-order valence-corrected chi connectivity index (χ3v) is 4.87. The van der Waals surface area contributed by atoms with E-state index in [1.165, 1.54) is 12.1 Å². The first kappa shape index (κ1) is 16.3. The van der Waals surface area contributed by atoms with E-state index in [1.54, 1.807) is 29.2 Å². The van der Waals surface area contributed by atoms with Crippen LogP contribution in [0.4, 0.5) is 9.18 Å². The zero-order valence-electron chi connectivity index (χ0n) is 13.8. The lowest BCUT2D eigenvalue weighted by molar-refractivity contribution is -0.125.